The van der Waals surface area contributed by atoms with Crippen LogP contribution in [0.2, 0.25) is 5.02 Å². The summed E-state index contributed by atoms with van der Waals surface area (Å²) >= 11 is 5.86. The maximum absolute atomic E-state index is 14.6. The first kappa shape index (κ1) is 18.4. The number of anilines is 1. The van der Waals surface area contributed by atoms with E-state index >= 15 is 0 Å². The first-order valence-corrected chi connectivity index (χ1v) is 8.83. The van der Waals surface area contributed by atoms with Gasteiger partial charge in [0.15, 0.2) is 5.82 Å². The lowest BCUT2D eigenvalue weighted by Gasteiger charge is -2.23. The van der Waals surface area contributed by atoms with Crippen LogP contribution in [0.4, 0.5) is 10.1 Å². The fraction of sp³-hybridized carbons (Fsp3) is 0.385. The van der Waals surface area contributed by atoms with Crippen LogP contribution in [-0.2, 0) is 10.0 Å². The predicted octanol–water partition coefficient (Wildman–Crippen LogP) is 1.20. The van der Waals surface area contributed by atoms with Crippen LogP contribution in [0.15, 0.2) is 6.07 Å². The highest BCUT2D eigenvalue weighted by Gasteiger charge is 2.27. The Balaban J connectivity index is 2.91. The van der Waals surface area contributed by atoms with E-state index in [0.717, 1.165) is 6.26 Å². The Morgan fingerprint density at radius 2 is 1.88 bits per heavy atom. The predicted molar refractivity (Wildman–Crippen MR) is 86.9 cm³/mol. The van der Waals surface area contributed by atoms with Gasteiger partial charge in [-0.2, -0.15) is 0 Å². The van der Waals surface area contributed by atoms with Gasteiger partial charge in [-0.1, -0.05) is 11.6 Å². The second-order valence-electron chi connectivity index (χ2n) is 4.69. The molecule has 2 aromatic rings. The molecular weight excluding hydrogens is 365 g/mol. The quantitative estimate of drug-likeness (QED) is 0.804. The smallest absolute Gasteiger partial charge is 0.278 e. The number of ether oxygens (including phenoxy) is 2. The molecule has 0 amide bonds. The van der Waals surface area contributed by atoms with Gasteiger partial charge in [-0.25, -0.2) is 22.8 Å². The fourth-order valence-corrected chi connectivity index (χ4v) is 3.22. The van der Waals surface area contributed by atoms with Crippen LogP contribution in [0.3, 0.4) is 0 Å². The Morgan fingerprint density at radius 1 is 1.29 bits per heavy atom. The topological polar surface area (TPSA) is 102 Å². The maximum atomic E-state index is 14.6. The van der Waals surface area contributed by atoms with E-state index in [2.05, 4.69) is 9.97 Å². The molecular formula is C13H15ClFN3O5S. The van der Waals surface area contributed by atoms with E-state index in [9.17, 15) is 12.8 Å². The Bertz CT molecular complexity index is 878. The lowest BCUT2D eigenvalue weighted by atomic mass is 10.2. The molecule has 0 fully saturated rings. The maximum Gasteiger partial charge on any atom is 0.278 e. The summed E-state index contributed by atoms with van der Waals surface area (Å²) in [7, 11) is -1.25. The molecule has 0 aliphatic heterocycles. The van der Waals surface area contributed by atoms with Crippen molar-refractivity contribution in [1.29, 1.82) is 0 Å². The molecule has 0 radical (unpaired) electrons. The van der Waals surface area contributed by atoms with Crippen molar-refractivity contribution in [2.75, 3.05) is 37.9 Å². The van der Waals surface area contributed by atoms with Gasteiger partial charge in [-0.15, -0.1) is 0 Å². The highest BCUT2D eigenvalue weighted by atomic mass is 35.5. The van der Waals surface area contributed by atoms with Crippen molar-refractivity contribution in [2.24, 2.45) is 0 Å². The van der Waals surface area contributed by atoms with E-state index in [4.69, 9.17) is 26.2 Å². The molecule has 0 aliphatic carbocycles. The Hall–Kier alpha value is -1.91. The fourth-order valence-electron chi connectivity index (χ4n) is 2.12. The zero-order valence-corrected chi connectivity index (χ0v) is 14.7. The van der Waals surface area contributed by atoms with Gasteiger partial charge >= 0.3 is 0 Å². The summed E-state index contributed by atoms with van der Waals surface area (Å²) in [6.07, 6.45) is 0.878. The molecule has 132 valence electrons. The molecule has 0 saturated heterocycles. The van der Waals surface area contributed by atoms with Gasteiger partial charge in [0.2, 0.25) is 10.0 Å². The van der Waals surface area contributed by atoms with E-state index in [1.165, 1.54) is 20.3 Å². The first-order chi connectivity index (χ1) is 11.2. The van der Waals surface area contributed by atoms with E-state index in [1.807, 2.05) is 0 Å². The molecule has 0 atom stereocenters. The Labute approximate surface area is 142 Å². The van der Waals surface area contributed by atoms with E-state index < -0.39 is 28.1 Å². The number of halogens is 2. The Kier molecular flexibility index (Phi) is 5.31. The number of methoxy groups -OCH3 is 2. The molecule has 1 N–H and O–H groups in total. The molecule has 0 saturated carbocycles. The van der Waals surface area contributed by atoms with E-state index in [1.54, 1.807) is 0 Å². The third-order valence-corrected chi connectivity index (χ3v) is 4.55. The summed E-state index contributed by atoms with van der Waals surface area (Å²) < 4.78 is 49.3. The van der Waals surface area contributed by atoms with Gasteiger partial charge in [0.1, 0.15) is 11.2 Å². The normalized spacial score (nSPS) is 11.6. The highest BCUT2D eigenvalue weighted by Crippen LogP contribution is 2.37. The van der Waals surface area contributed by atoms with Gasteiger partial charge in [-0.05, 0) is 6.07 Å². The minimum atomic E-state index is -3.91. The Morgan fingerprint density at radius 3 is 2.38 bits per heavy atom. The molecule has 0 unspecified atom stereocenters. The molecule has 0 bridgehead atoms. The molecule has 1 heterocycles. The minimum Gasteiger partial charge on any atom is -0.477 e. The zero-order chi connectivity index (χ0) is 18.1. The molecule has 1 aromatic heterocycles. The average Bonchev–Trinajstić information content (AvgIpc) is 2.52. The molecule has 0 spiro atoms. The molecule has 1 aromatic carbocycles. The summed E-state index contributed by atoms with van der Waals surface area (Å²) in [6, 6.07) is 1.20. The van der Waals surface area contributed by atoms with Crippen LogP contribution < -0.4 is 13.8 Å². The van der Waals surface area contributed by atoms with E-state index in [-0.39, 0.29) is 34.4 Å². The standard InChI is InChI=1S/C13H15ClFN3O5S/c1-22-12-13(23-2)17-10-8(16-12)6-7(14)9(15)11(10)18(4-5-19)24(3,20)21/h6,19H,4-5H2,1-3H3. The molecule has 2 rings (SSSR count). The molecule has 11 heteroatoms. The van der Waals surface area contributed by atoms with Crippen molar-refractivity contribution in [3.63, 3.8) is 0 Å². The SMILES string of the molecule is COc1nc2cc(Cl)c(F)c(N(CCO)S(C)(=O)=O)c2nc1OC. The first-order valence-electron chi connectivity index (χ1n) is 6.60. The monoisotopic (exact) mass is 379 g/mol. The summed E-state index contributed by atoms with van der Waals surface area (Å²) in [5.74, 6) is -1.01. The number of hydrogen-bond donors (Lipinski definition) is 1. The third-order valence-electron chi connectivity index (χ3n) is 3.11. The zero-order valence-electron chi connectivity index (χ0n) is 13.1. The molecule has 8 nitrogen and oxygen atoms in total. The van der Waals surface area contributed by atoms with Crippen LogP contribution >= 0.6 is 11.6 Å². The molecule has 0 aliphatic rings. The van der Waals surface area contributed by atoms with Gasteiger partial charge in [0, 0.05) is 0 Å². The van der Waals surface area contributed by atoms with Crippen LogP contribution in [0.25, 0.3) is 11.0 Å². The van der Waals surface area contributed by atoms with Crippen LogP contribution in [0.1, 0.15) is 0 Å². The van der Waals surface area contributed by atoms with Crippen molar-refractivity contribution in [2.45, 2.75) is 0 Å². The highest BCUT2D eigenvalue weighted by molar-refractivity contribution is 7.92. The summed E-state index contributed by atoms with van der Waals surface area (Å²) in [6.45, 7) is -0.900. The second-order valence-corrected chi connectivity index (χ2v) is 7.00. The number of benzene rings is 1. The van der Waals surface area contributed by atoms with Crippen molar-refractivity contribution < 1.29 is 27.4 Å². The van der Waals surface area contributed by atoms with Crippen molar-refractivity contribution in [3.8, 4) is 11.8 Å². The van der Waals surface area contributed by atoms with Gasteiger partial charge in [-0.3, -0.25) is 4.31 Å². The van der Waals surface area contributed by atoms with Crippen molar-refractivity contribution >= 4 is 38.3 Å². The summed E-state index contributed by atoms with van der Waals surface area (Å²) in [5, 5.41) is 8.79. The summed E-state index contributed by atoms with van der Waals surface area (Å²) in [4.78, 5) is 8.19. The second kappa shape index (κ2) is 6.91. The molecule has 24 heavy (non-hydrogen) atoms. The van der Waals surface area contributed by atoms with E-state index in [0.29, 0.717) is 4.31 Å². The number of hydrogen-bond acceptors (Lipinski definition) is 7. The largest absolute Gasteiger partial charge is 0.477 e. The number of aliphatic hydroxyl groups is 1. The van der Waals surface area contributed by atoms with Gasteiger partial charge < -0.3 is 14.6 Å². The number of aromatic nitrogens is 2. The lowest BCUT2D eigenvalue weighted by molar-refractivity contribution is 0.306. The minimum absolute atomic E-state index is 0.0340. The average molecular weight is 380 g/mol. The van der Waals surface area contributed by atoms with Crippen molar-refractivity contribution in [3.05, 3.63) is 16.9 Å². The van der Waals surface area contributed by atoms with Crippen LogP contribution in [0.5, 0.6) is 11.8 Å². The number of fused-ring (bicyclic) bond motifs is 1. The van der Waals surface area contributed by atoms with Crippen LogP contribution in [-0.4, -0.2) is 57.1 Å². The van der Waals surface area contributed by atoms with Crippen LogP contribution in [0, 0.1) is 5.82 Å². The number of sulfonamides is 1. The lowest BCUT2D eigenvalue weighted by Crippen LogP contribution is -2.33. The number of nitrogens with zero attached hydrogens (tertiary/aromatic N) is 3. The van der Waals surface area contributed by atoms with Gasteiger partial charge in [0.25, 0.3) is 11.8 Å². The van der Waals surface area contributed by atoms with Gasteiger partial charge in [0.05, 0.1) is 44.2 Å². The number of rotatable bonds is 6. The summed E-state index contributed by atoms with van der Waals surface area (Å²) in [5.41, 5.74) is -0.392. The van der Waals surface area contributed by atoms with Crippen molar-refractivity contribution in [1.82, 2.24) is 9.97 Å². The third kappa shape index (κ3) is 3.30. The number of aliphatic hydroxyl groups excluding tert-OH is 1.